The van der Waals surface area contributed by atoms with Crippen molar-refractivity contribution in [3.05, 3.63) is 39.9 Å². The first kappa shape index (κ1) is 14.3. The molecule has 3 atom stereocenters. The molecule has 1 aliphatic rings. The molecule has 104 valence electrons. The second-order valence-electron chi connectivity index (χ2n) is 5.11. The lowest BCUT2D eigenvalue weighted by molar-refractivity contribution is -0.384. The summed E-state index contributed by atoms with van der Waals surface area (Å²) >= 11 is 1.94. The van der Waals surface area contributed by atoms with E-state index in [2.05, 4.69) is 18.5 Å². The molecular formula is C14H20N2O2S. The lowest BCUT2D eigenvalue weighted by Gasteiger charge is -2.19. The van der Waals surface area contributed by atoms with Crippen LogP contribution in [0.25, 0.3) is 0 Å². The van der Waals surface area contributed by atoms with Gasteiger partial charge >= 0.3 is 0 Å². The molecule has 1 aromatic carbocycles. The van der Waals surface area contributed by atoms with Gasteiger partial charge in [-0.3, -0.25) is 10.1 Å². The zero-order valence-corrected chi connectivity index (χ0v) is 12.2. The van der Waals surface area contributed by atoms with Crippen LogP contribution in [0.15, 0.2) is 24.3 Å². The van der Waals surface area contributed by atoms with Crippen molar-refractivity contribution in [2.75, 3.05) is 6.26 Å². The lowest BCUT2D eigenvalue weighted by Crippen LogP contribution is -2.29. The summed E-state index contributed by atoms with van der Waals surface area (Å²) in [6.07, 6.45) is 5.82. The van der Waals surface area contributed by atoms with Gasteiger partial charge in [-0.25, -0.2) is 0 Å². The highest BCUT2D eigenvalue weighted by Gasteiger charge is 2.25. The topological polar surface area (TPSA) is 55.2 Å². The highest BCUT2D eigenvalue weighted by molar-refractivity contribution is 7.99. The highest BCUT2D eigenvalue weighted by atomic mass is 32.2. The summed E-state index contributed by atoms with van der Waals surface area (Å²) in [5.41, 5.74) is 1.15. The molecule has 0 saturated heterocycles. The van der Waals surface area contributed by atoms with Gasteiger partial charge in [-0.15, -0.1) is 0 Å². The molecule has 2 rings (SSSR count). The molecule has 0 amide bonds. The summed E-state index contributed by atoms with van der Waals surface area (Å²) in [7, 11) is 0. The highest BCUT2D eigenvalue weighted by Crippen LogP contribution is 2.30. The van der Waals surface area contributed by atoms with E-state index in [9.17, 15) is 10.1 Å². The second kappa shape index (κ2) is 6.39. The number of hydrogen-bond donors (Lipinski definition) is 1. The van der Waals surface area contributed by atoms with Crippen LogP contribution >= 0.6 is 11.8 Å². The van der Waals surface area contributed by atoms with E-state index >= 15 is 0 Å². The Kier molecular flexibility index (Phi) is 4.82. The van der Waals surface area contributed by atoms with Crippen molar-refractivity contribution in [3.63, 3.8) is 0 Å². The fourth-order valence-electron chi connectivity index (χ4n) is 2.66. The number of benzene rings is 1. The largest absolute Gasteiger partial charge is 0.307 e. The van der Waals surface area contributed by atoms with Crippen LogP contribution in [0.1, 0.15) is 37.8 Å². The molecule has 0 spiro atoms. The smallest absolute Gasteiger partial charge is 0.269 e. The van der Waals surface area contributed by atoms with Crippen LogP contribution in [0.4, 0.5) is 5.69 Å². The molecule has 4 nitrogen and oxygen atoms in total. The molecule has 0 heterocycles. The van der Waals surface area contributed by atoms with Gasteiger partial charge in [0.05, 0.1) is 4.92 Å². The van der Waals surface area contributed by atoms with Gasteiger partial charge in [-0.05, 0) is 38.0 Å². The third kappa shape index (κ3) is 3.70. The Hall–Kier alpha value is -1.07. The van der Waals surface area contributed by atoms with E-state index in [1.165, 1.54) is 25.3 Å². The maximum atomic E-state index is 10.8. The van der Waals surface area contributed by atoms with E-state index in [4.69, 9.17) is 0 Å². The molecule has 0 aliphatic heterocycles. The quantitative estimate of drug-likeness (QED) is 0.662. The van der Waals surface area contributed by atoms with Crippen molar-refractivity contribution in [2.24, 2.45) is 0 Å². The summed E-state index contributed by atoms with van der Waals surface area (Å²) < 4.78 is 0. The average molecular weight is 280 g/mol. The van der Waals surface area contributed by atoms with Gasteiger partial charge < -0.3 is 5.32 Å². The molecule has 3 unspecified atom stereocenters. The average Bonchev–Trinajstić information content (AvgIpc) is 2.86. The third-order valence-corrected chi connectivity index (χ3v) is 4.88. The Labute approximate surface area is 118 Å². The summed E-state index contributed by atoms with van der Waals surface area (Å²) in [6.45, 7) is 2.07. The van der Waals surface area contributed by atoms with E-state index in [1.807, 2.05) is 17.8 Å². The molecule has 5 heteroatoms. The maximum absolute atomic E-state index is 10.8. The van der Waals surface area contributed by atoms with E-state index in [0.717, 1.165) is 10.8 Å². The predicted molar refractivity (Wildman–Crippen MR) is 79.6 cm³/mol. The fourth-order valence-corrected chi connectivity index (χ4v) is 3.46. The number of hydrogen-bond acceptors (Lipinski definition) is 4. The first-order chi connectivity index (χ1) is 9.10. The molecule has 0 radical (unpaired) electrons. The molecule has 1 aromatic rings. The van der Waals surface area contributed by atoms with E-state index in [-0.39, 0.29) is 16.7 Å². The van der Waals surface area contributed by atoms with Crippen molar-refractivity contribution >= 4 is 17.4 Å². The Balaban J connectivity index is 1.98. The van der Waals surface area contributed by atoms with Crippen LogP contribution in [0.2, 0.25) is 0 Å². The third-order valence-electron chi connectivity index (χ3n) is 3.78. The van der Waals surface area contributed by atoms with Gasteiger partial charge in [0, 0.05) is 29.5 Å². The first-order valence-corrected chi connectivity index (χ1v) is 7.92. The minimum Gasteiger partial charge on any atom is -0.307 e. The summed E-state index contributed by atoms with van der Waals surface area (Å²) in [6, 6.07) is 7.60. The van der Waals surface area contributed by atoms with Crippen molar-refractivity contribution in [2.45, 2.75) is 43.5 Å². The van der Waals surface area contributed by atoms with Gasteiger partial charge in [0.2, 0.25) is 0 Å². The zero-order valence-electron chi connectivity index (χ0n) is 11.3. The molecule has 1 N–H and O–H groups in total. The molecule has 0 bridgehead atoms. The molecule has 19 heavy (non-hydrogen) atoms. The minimum absolute atomic E-state index is 0.158. The Morgan fingerprint density at radius 1 is 1.47 bits per heavy atom. The monoisotopic (exact) mass is 280 g/mol. The number of nitrogens with one attached hydrogen (secondary N) is 1. The Morgan fingerprint density at radius 2 is 2.26 bits per heavy atom. The summed E-state index contributed by atoms with van der Waals surface area (Å²) in [5, 5.41) is 15.1. The van der Waals surface area contributed by atoms with E-state index in [0.29, 0.717) is 6.04 Å². The zero-order chi connectivity index (χ0) is 13.8. The number of thioether (sulfide) groups is 1. The minimum atomic E-state index is -0.338. The molecule has 1 fully saturated rings. The van der Waals surface area contributed by atoms with Crippen LogP contribution in [-0.4, -0.2) is 22.5 Å². The van der Waals surface area contributed by atoms with Gasteiger partial charge in [-0.2, -0.15) is 11.8 Å². The van der Waals surface area contributed by atoms with E-state index < -0.39 is 0 Å². The Bertz CT molecular complexity index is 453. The number of rotatable bonds is 5. The number of nitro benzene ring substituents is 1. The molecular weight excluding hydrogens is 260 g/mol. The normalized spacial score (nSPS) is 24.3. The number of nitrogens with zero attached hydrogens (tertiary/aromatic N) is 1. The van der Waals surface area contributed by atoms with Crippen LogP contribution in [-0.2, 0) is 0 Å². The molecule has 1 saturated carbocycles. The van der Waals surface area contributed by atoms with Crippen LogP contribution in [0.3, 0.4) is 0 Å². The number of non-ortho nitro benzene ring substituents is 1. The molecule has 1 aliphatic carbocycles. The van der Waals surface area contributed by atoms with Crippen molar-refractivity contribution in [3.8, 4) is 0 Å². The fraction of sp³-hybridized carbons (Fsp3) is 0.571. The van der Waals surface area contributed by atoms with Crippen molar-refractivity contribution in [1.29, 1.82) is 0 Å². The lowest BCUT2D eigenvalue weighted by atomic mass is 10.1. The second-order valence-corrected chi connectivity index (χ2v) is 6.25. The predicted octanol–water partition coefficient (Wildman–Crippen LogP) is 3.53. The SMILES string of the molecule is CSC1CCC(NC(C)c2cccc([N+](=O)[O-])c2)C1. The van der Waals surface area contributed by atoms with Crippen LogP contribution < -0.4 is 5.32 Å². The van der Waals surface area contributed by atoms with Crippen molar-refractivity contribution in [1.82, 2.24) is 5.32 Å². The first-order valence-electron chi connectivity index (χ1n) is 6.63. The summed E-state index contributed by atoms with van der Waals surface area (Å²) in [5.74, 6) is 0. The van der Waals surface area contributed by atoms with Crippen LogP contribution in [0, 0.1) is 10.1 Å². The van der Waals surface area contributed by atoms with Gasteiger partial charge in [0.15, 0.2) is 0 Å². The van der Waals surface area contributed by atoms with Gasteiger partial charge in [-0.1, -0.05) is 12.1 Å². The van der Waals surface area contributed by atoms with Gasteiger partial charge in [0.1, 0.15) is 0 Å². The summed E-state index contributed by atoms with van der Waals surface area (Å²) in [4.78, 5) is 10.4. The maximum Gasteiger partial charge on any atom is 0.269 e. The van der Waals surface area contributed by atoms with Gasteiger partial charge in [0.25, 0.3) is 5.69 Å². The van der Waals surface area contributed by atoms with E-state index in [1.54, 1.807) is 12.1 Å². The Morgan fingerprint density at radius 3 is 2.89 bits per heavy atom. The standard InChI is InChI=1S/C14H20N2O2S/c1-10(15-12-6-7-14(9-12)19-2)11-4-3-5-13(8-11)16(17)18/h3-5,8,10,12,14-15H,6-7,9H2,1-2H3. The van der Waals surface area contributed by atoms with Crippen LogP contribution in [0.5, 0.6) is 0 Å². The number of nitro groups is 1. The van der Waals surface area contributed by atoms with Crippen molar-refractivity contribution < 1.29 is 4.92 Å². The molecule has 0 aromatic heterocycles.